The minimum absolute atomic E-state index is 0.174. The Morgan fingerprint density at radius 3 is 2.89 bits per heavy atom. The Morgan fingerprint density at radius 2 is 2.28 bits per heavy atom. The largest absolute Gasteiger partial charge is 0.329 e. The van der Waals surface area contributed by atoms with Crippen LogP contribution in [0, 0.1) is 5.82 Å². The van der Waals surface area contributed by atoms with Crippen molar-refractivity contribution in [3.8, 4) is 0 Å². The van der Waals surface area contributed by atoms with Crippen LogP contribution in [-0.2, 0) is 0 Å². The maximum absolute atomic E-state index is 12.9. The van der Waals surface area contributed by atoms with E-state index in [1.54, 1.807) is 6.07 Å². The van der Waals surface area contributed by atoms with E-state index in [1.807, 2.05) is 0 Å². The topological polar surface area (TPSA) is 45.4 Å². The molecular formula is C13H21FN4. The average molecular weight is 252 g/mol. The van der Waals surface area contributed by atoms with E-state index in [0.717, 1.165) is 25.3 Å². The third-order valence-corrected chi connectivity index (χ3v) is 3.68. The molecule has 0 amide bonds. The van der Waals surface area contributed by atoms with Crippen LogP contribution in [0.15, 0.2) is 18.3 Å². The van der Waals surface area contributed by atoms with Gasteiger partial charge in [0.1, 0.15) is 5.82 Å². The number of rotatable bonds is 3. The summed E-state index contributed by atoms with van der Waals surface area (Å²) in [6.45, 7) is 5.72. The molecule has 1 fully saturated rings. The highest BCUT2D eigenvalue weighted by Crippen LogP contribution is 2.23. The van der Waals surface area contributed by atoms with Crippen LogP contribution < -0.4 is 5.73 Å². The minimum atomic E-state index is -0.292. The van der Waals surface area contributed by atoms with Crippen molar-refractivity contribution in [2.45, 2.75) is 19.0 Å². The third-order valence-electron chi connectivity index (χ3n) is 3.68. The number of halogens is 1. The number of likely N-dealkylation sites (N-methyl/N-ethyl adjacent to an activating group) is 1. The summed E-state index contributed by atoms with van der Waals surface area (Å²) in [6, 6.07) is 3.73. The zero-order valence-corrected chi connectivity index (χ0v) is 11.0. The molecule has 5 heteroatoms. The molecule has 1 saturated heterocycles. The molecule has 0 spiro atoms. The Morgan fingerprint density at radius 1 is 1.50 bits per heavy atom. The van der Waals surface area contributed by atoms with Crippen molar-refractivity contribution >= 4 is 0 Å². The van der Waals surface area contributed by atoms with Gasteiger partial charge in [-0.15, -0.1) is 0 Å². The maximum Gasteiger partial charge on any atom is 0.141 e. The van der Waals surface area contributed by atoms with Crippen LogP contribution in [0.1, 0.15) is 18.7 Å². The van der Waals surface area contributed by atoms with Gasteiger partial charge in [-0.1, -0.05) is 0 Å². The molecule has 18 heavy (non-hydrogen) atoms. The van der Waals surface area contributed by atoms with Gasteiger partial charge >= 0.3 is 0 Å². The zero-order valence-electron chi connectivity index (χ0n) is 11.0. The van der Waals surface area contributed by atoms with E-state index in [2.05, 4.69) is 28.8 Å². The van der Waals surface area contributed by atoms with Gasteiger partial charge in [0.05, 0.1) is 11.9 Å². The van der Waals surface area contributed by atoms with Gasteiger partial charge in [-0.3, -0.25) is 9.88 Å². The van der Waals surface area contributed by atoms with Gasteiger partial charge in [0.2, 0.25) is 0 Å². The molecule has 0 aliphatic carbocycles. The second-order valence-corrected chi connectivity index (χ2v) is 4.97. The molecule has 4 nitrogen and oxygen atoms in total. The van der Waals surface area contributed by atoms with E-state index in [4.69, 9.17) is 5.73 Å². The molecule has 2 rings (SSSR count). The lowest BCUT2D eigenvalue weighted by Gasteiger charge is -2.42. The lowest BCUT2D eigenvalue weighted by molar-refractivity contribution is 0.0606. The lowest BCUT2D eigenvalue weighted by Crippen LogP contribution is -2.55. The van der Waals surface area contributed by atoms with Crippen molar-refractivity contribution in [2.24, 2.45) is 5.73 Å². The van der Waals surface area contributed by atoms with Crippen molar-refractivity contribution in [3.05, 3.63) is 29.8 Å². The number of pyridine rings is 1. The summed E-state index contributed by atoms with van der Waals surface area (Å²) in [5.74, 6) is -0.292. The van der Waals surface area contributed by atoms with Crippen LogP contribution in [0.25, 0.3) is 0 Å². The number of hydrogen-bond donors (Lipinski definition) is 1. The fraction of sp³-hybridized carbons (Fsp3) is 0.615. The Kier molecular flexibility index (Phi) is 4.27. The van der Waals surface area contributed by atoms with Gasteiger partial charge in [-0.05, 0) is 26.1 Å². The summed E-state index contributed by atoms with van der Waals surface area (Å²) in [6.07, 6.45) is 1.28. The Bertz CT molecular complexity index is 381. The summed E-state index contributed by atoms with van der Waals surface area (Å²) < 4.78 is 12.9. The van der Waals surface area contributed by atoms with E-state index >= 15 is 0 Å². The highest BCUT2D eigenvalue weighted by atomic mass is 19.1. The molecule has 1 aromatic rings. The van der Waals surface area contributed by atoms with E-state index in [9.17, 15) is 4.39 Å². The normalized spacial score (nSPS) is 24.1. The molecule has 2 N–H and O–H groups in total. The van der Waals surface area contributed by atoms with Crippen LogP contribution in [0.2, 0.25) is 0 Å². The SMILES string of the molecule is CC(c1ccc(F)cn1)N1CCN(C)CC1CN. The summed E-state index contributed by atoms with van der Waals surface area (Å²) >= 11 is 0. The number of nitrogens with two attached hydrogens (primary N) is 1. The number of nitrogens with zero attached hydrogens (tertiary/aromatic N) is 3. The highest BCUT2D eigenvalue weighted by Gasteiger charge is 2.28. The molecule has 0 radical (unpaired) electrons. The van der Waals surface area contributed by atoms with Gasteiger partial charge in [0, 0.05) is 38.3 Å². The predicted octanol–water partition coefficient (Wildman–Crippen LogP) is 0.856. The van der Waals surface area contributed by atoms with Crippen LogP contribution in [0.3, 0.4) is 0 Å². The van der Waals surface area contributed by atoms with Crippen molar-refractivity contribution in [3.63, 3.8) is 0 Å². The fourth-order valence-electron chi connectivity index (χ4n) is 2.55. The Balaban J connectivity index is 2.11. The minimum Gasteiger partial charge on any atom is -0.329 e. The molecule has 2 atom stereocenters. The first kappa shape index (κ1) is 13.4. The van der Waals surface area contributed by atoms with Gasteiger partial charge in [0.15, 0.2) is 0 Å². The number of hydrogen-bond acceptors (Lipinski definition) is 4. The summed E-state index contributed by atoms with van der Waals surface area (Å²) in [4.78, 5) is 8.82. The molecule has 100 valence electrons. The standard InChI is InChI=1S/C13H21FN4/c1-10(13-4-3-11(14)8-16-13)18-6-5-17(2)9-12(18)7-15/h3-4,8,10,12H,5-7,9,15H2,1-2H3. The van der Waals surface area contributed by atoms with Gasteiger partial charge in [-0.2, -0.15) is 0 Å². The first-order valence-corrected chi connectivity index (χ1v) is 6.37. The molecular weight excluding hydrogens is 231 g/mol. The maximum atomic E-state index is 12.9. The zero-order chi connectivity index (χ0) is 13.1. The average Bonchev–Trinajstić information content (AvgIpc) is 2.38. The second-order valence-electron chi connectivity index (χ2n) is 4.97. The van der Waals surface area contributed by atoms with E-state index in [1.165, 1.54) is 12.3 Å². The van der Waals surface area contributed by atoms with E-state index in [-0.39, 0.29) is 11.9 Å². The third kappa shape index (κ3) is 2.85. The summed E-state index contributed by atoms with van der Waals surface area (Å²) in [5.41, 5.74) is 6.75. The van der Waals surface area contributed by atoms with E-state index < -0.39 is 0 Å². The van der Waals surface area contributed by atoms with Crippen LogP contribution in [-0.4, -0.2) is 54.1 Å². The van der Waals surface area contributed by atoms with Crippen LogP contribution >= 0.6 is 0 Å². The van der Waals surface area contributed by atoms with Gasteiger partial charge < -0.3 is 10.6 Å². The molecule has 2 unspecified atom stereocenters. The molecule has 1 aromatic heterocycles. The first-order valence-electron chi connectivity index (χ1n) is 6.37. The van der Waals surface area contributed by atoms with E-state index in [0.29, 0.717) is 12.6 Å². The van der Waals surface area contributed by atoms with Crippen molar-refractivity contribution in [1.29, 1.82) is 0 Å². The fourth-order valence-corrected chi connectivity index (χ4v) is 2.55. The van der Waals surface area contributed by atoms with Gasteiger partial charge in [-0.25, -0.2) is 4.39 Å². The molecule has 1 aliphatic heterocycles. The molecule has 0 saturated carbocycles. The molecule has 0 aromatic carbocycles. The van der Waals surface area contributed by atoms with Gasteiger partial charge in [0.25, 0.3) is 0 Å². The van der Waals surface area contributed by atoms with Crippen molar-refractivity contribution in [2.75, 3.05) is 33.2 Å². The smallest absolute Gasteiger partial charge is 0.141 e. The van der Waals surface area contributed by atoms with Crippen LogP contribution in [0.4, 0.5) is 4.39 Å². The Hall–Kier alpha value is -1.04. The van der Waals surface area contributed by atoms with Crippen molar-refractivity contribution < 1.29 is 4.39 Å². The molecule has 2 heterocycles. The lowest BCUT2D eigenvalue weighted by atomic mass is 10.1. The Labute approximate surface area is 108 Å². The number of piperazine rings is 1. The van der Waals surface area contributed by atoms with Crippen molar-refractivity contribution in [1.82, 2.24) is 14.8 Å². The molecule has 1 aliphatic rings. The first-order chi connectivity index (χ1) is 8.61. The summed E-state index contributed by atoms with van der Waals surface area (Å²) in [7, 11) is 2.11. The highest BCUT2D eigenvalue weighted by molar-refractivity contribution is 5.10. The quantitative estimate of drug-likeness (QED) is 0.866. The number of aromatic nitrogens is 1. The van der Waals surface area contributed by atoms with Crippen LogP contribution in [0.5, 0.6) is 0 Å². The molecule has 0 bridgehead atoms. The summed E-state index contributed by atoms with van der Waals surface area (Å²) in [5, 5.41) is 0. The predicted molar refractivity (Wildman–Crippen MR) is 69.7 cm³/mol. The second kappa shape index (κ2) is 5.73. The monoisotopic (exact) mass is 252 g/mol.